The number of piperidine rings is 1. The van der Waals surface area contributed by atoms with E-state index in [4.69, 9.17) is 0 Å². The molecular formula is C16H22F2N2O3. The first-order valence-corrected chi connectivity index (χ1v) is 7.54. The number of benzene rings is 1. The van der Waals surface area contributed by atoms with Crippen LogP contribution in [0.2, 0.25) is 0 Å². The number of halogens is 2. The lowest BCUT2D eigenvalue weighted by Gasteiger charge is -2.48. The largest absolute Gasteiger partial charge is 0.390 e. The zero-order chi connectivity index (χ0) is 17.1. The Hall–Kier alpha value is -1.57. The number of alkyl halides is 2. The summed E-state index contributed by atoms with van der Waals surface area (Å²) in [5, 5.41) is 22.7. The minimum Gasteiger partial charge on any atom is -0.390 e. The van der Waals surface area contributed by atoms with Gasteiger partial charge in [-0.25, -0.2) is 8.78 Å². The van der Waals surface area contributed by atoms with Gasteiger partial charge < -0.3 is 15.5 Å². The number of hydrogen-bond acceptors (Lipinski definition) is 4. The molecule has 5 nitrogen and oxygen atoms in total. The molecule has 1 aromatic carbocycles. The molecule has 2 rings (SSSR count). The first-order chi connectivity index (χ1) is 10.9. The van der Waals surface area contributed by atoms with Crippen molar-refractivity contribution in [3.63, 3.8) is 0 Å². The average Bonchev–Trinajstić information content (AvgIpc) is 2.53. The smallest absolute Gasteiger partial charge is 0.254 e. The highest BCUT2D eigenvalue weighted by atomic mass is 19.3. The van der Waals surface area contributed by atoms with Crippen LogP contribution in [0.3, 0.4) is 0 Å². The molecule has 7 heteroatoms. The van der Waals surface area contributed by atoms with Crippen LogP contribution in [0.1, 0.15) is 12.5 Å². The van der Waals surface area contributed by atoms with E-state index < -0.39 is 42.5 Å². The molecule has 0 bridgehead atoms. The minimum absolute atomic E-state index is 0.0854. The highest BCUT2D eigenvalue weighted by molar-refractivity contribution is 5.82. The highest BCUT2D eigenvalue weighted by Gasteiger charge is 2.51. The van der Waals surface area contributed by atoms with E-state index in [1.54, 1.807) is 24.3 Å². The third kappa shape index (κ3) is 3.52. The predicted octanol–water partition coefficient (Wildman–Crippen LogP) is 0.608. The number of likely N-dealkylation sites (N-methyl/N-ethyl adjacent to an activating group) is 1. The van der Waals surface area contributed by atoms with Gasteiger partial charge in [-0.15, -0.1) is 0 Å². The molecule has 3 N–H and O–H groups in total. The molecule has 1 aliphatic rings. The van der Waals surface area contributed by atoms with Crippen molar-refractivity contribution in [2.24, 2.45) is 5.92 Å². The molecule has 0 aromatic heterocycles. The van der Waals surface area contributed by atoms with Crippen molar-refractivity contribution in [3.8, 4) is 0 Å². The Morgan fingerprint density at radius 1 is 1.26 bits per heavy atom. The molecule has 5 atom stereocenters. The molecular weight excluding hydrogens is 306 g/mol. The lowest BCUT2D eigenvalue weighted by molar-refractivity contribution is -0.173. The van der Waals surface area contributed by atoms with Crippen LogP contribution in [0.15, 0.2) is 30.3 Å². The van der Waals surface area contributed by atoms with Crippen LogP contribution >= 0.6 is 0 Å². The van der Waals surface area contributed by atoms with Gasteiger partial charge >= 0.3 is 0 Å². The second kappa shape index (κ2) is 7.33. The monoisotopic (exact) mass is 328 g/mol. The van der Waals surface area contributed by atoms with Crippen molar-refractivity contribution in [1.82, 2.24) is 10.2 Å². The molecule has 0 radical (unpaired) electrons. The van der Waals surface area contributed by atoms with Crippen molar-refractivity contribution in [3.05, 3.63) is 35.9 Å². The molecule has 128 valence electrons. The van der Waals surface area contributed by atoms with E-state index in [0.717, 1.165) is 5.56 Å². The fourth-order valence-corrected chi connectivity index (χ4v) is 3.21. The quantitative estimate of drug-likeness (QED) is 0.757. The zero-order valence-corrected chi connectivity index (χ0v) is 13.1. The number of nitrogens with zero attached hydrogens (tertiary/aromatic N) is 1. The Balaban J connectivity index is 2.40. The molecule has 1 aromatic rings. The number of rotatable bonds is 4. The Labute approximate surface area is 133 Å². The third-order valence-electron chi connectivity index (χ3n) is 4.47. The summed E-state index contributed by atoms with van der Waals surface area (Å²) in [6.07, 6.45) is -5.56. The van der Waals surface area contributed by atoms with Gasteiger partial charge in [0.05, 0.1) is 12.1 Å². The van der Waals surface area contributed by atoms with Crippen LogP contribution in [0.25, 0.3) is 0 Å². The lowest BCUT2D eigenvalue weighted by atomic mass is 9.81. The van der Waals surface area contributed by atoms with Crippen molar-refractivity contribution in [1.29, 1.82) is 0 Å². The number of aliphatic hydroxyl groups is 2. The third-order valence-corrected chi connectivity index (χ3v) is 4.47. The number of carbonyl (C=O) groups excluding carboxylic acids is 1. The first-order valence-electron chi connectivity index (χ1n) is 7.54. The van der Waals surface area contributed by atoms with E-state index in [1.807, 2.05) is 6.07 Å². The standard InChI is InChI=1S/C16H22F2N2O3/c1-9-11(15(17)18)20(8-10-6-4-3-5-7-10)12(16(23)19-2)14(22)13(9)21/h3-7,9,11-15,21-22H,8H2,1-2H3,(H,19,23)/t9-,11+,12+,13+,14-/m1/s1. The molecule has 23 heavy (non-hydrogen) atoms. The SMILES string of the molecule is CNC(=O)[C@@H]1[C@@H](O)[C@@H](O)[C@H](C)[C@@H](C(F)F)N1Cc1ccccc1. The van der Waals surface area contributed by atoms with Gasteiger partial charge in [0.15, 0.2) is 0 Å². The normalized spacial score (nSPS) is 32.0. The molecule has 1 aliphatic heterocycles. The zero-order valence-electron chi connectivity index (χ0n) is 13.1. The number of amides is 1. The Morgan fingerprint density at radius 3 is 2.39 bits per heavy atom. The Morgan fingerprint density at radius 2 is 1.87 bits per heavy atom. The van der Waals surface area contributed by atoms with Gasteiger partial charge in [-0.3, -0.25) is 9.69 Å². The van der Waals surface area contributed by atoms with Crippen LogP contribution < -0.4 is 5.32 Å². The van der Waals surface area contributed by atoms with Gasteiger partial charge in [-0.05, 0) is 5.56 Å². The minimum atomic E-state index is -2.75. The molecule has 0 spiro atoms. The van der Waals surface area contributed by atoms with Crippen molar-refractivity contribution < 1.29 is 23.8 Å². The summed E-state index contributed by atoms with van der Waals surface area (Å²) in [5.74, 6) is -1.46. The fourth-order valence-electron chi connectivity index (χ4n) is 3.21. The van der Waals surface area contributed by atoms with E-state index in [2.05, 4.69) is 5.32 Å². The number of nitrogens with one attached hydrogen (secondary N) is 1. The van der Waals surface area contributed by atoms with Crippen LogP contribution in [-0.4, -0.2) is 58.8 Å². The van der Waals surface area contributed by atoms with Crippen LogP contribution in [0, 0.1) is 5.92 Å². The second-order valence-electron chi connectivity index (χ2n) is 5.88. The summed E-state index contributed by atoms with van der Waals surface area (Å²) in [6.45, 7) is 1.55. The number of carbonyl (C=O) groups is 1. The summed E-state index contributed by atoms with van der Waals surface area (Å²) in [6, 6.07) is 6.35. The Bertz CT molecular complexity index is 529. The fraction of sp³-hybridized carbons (Fsp3) is 0.562. The maximum Gasteiger partial charge on any atom is 0.254 e. The maximum atomic E-state index is 13.6. The number of hydrogen-bond donors (Lipinski definition) is 3. The summed E-state index contributed by atoms with van der Waals surface area (Å²) in [7, 11) is 1.37. The van der Waals surface area contributed by atoms with E-state index in [9.17, 15) is 23.8 Å². The second-order valence-corrected chi connectivity index (χ2v) is 5.88. The van der Waals surface area contributed by atoms with Crippen LogP contribution in [0.4, 0.5) is 8.78 Å². The van der Waals surface area contributed by atoms with E-state index in [-0.39, 0.29) is 6.54 Å². The Kier molecular flexibility index (Phi) is 5.67. The summed E-state index contributed by atoms with van der Waals surface area (Å²) in [4.78, 5) is 13.4. The molecule has 0 saturated carbocycles. The van der Waals surface area contributed by atoms with E-state index >= 15 is 0 Å². The van der Waals surface area contributed by atoms with Gasteiger partial charge in [0.2, 0.25) is 5.91 Å². The van der Waals surface area contributed by atoms with Crippen molar-refractivity contribution in [2.45, 2.75) is 44.2 Å². The van der Waals surface area contributed by atoms with E-state index in [0.29, 0.717) is 0 Å². The lowest BCUT2D eigenvalue weighted by Crippen LogP contribution is -2.68. The van der Waals surface area contributed by atoms with Crippen LogP contribution in [0.5, 0.6) is 0 Å². The molecule has 1 amide bonds. The molecule has 1 saturated heterocycles. The number of aliphatic hydroxyl groups excluding tert-OH is 2. The van der Waals surface area contributed by atoms with Crippen molar-refractivity contribution >= 4 is 5.91 Å². The molecule has 1 heterocycles. The van der Waals surface area contributed by atoms with Gasteiger partial charge in [-0.1, -0.05) is 37.3 Å². The summed E-state index contributed by atoms with van der Waals surface area (Å²) in [5.41, 5.74) is 0.753. The van der Waals surface area contributed by atoms with Gasteiger partial charge in [0, 0.05) is 19.5 Å². The molecule has 0 aliphatic carbocycles. The topological polar surface area (TPSA) is 72.8 Å². The van der Waals surface area contributed by atoms with Gasteiger partial charge in [-0.2, -0.15) is 0 Å². The maximum absolute atomic E-state index is 13.6. The van der Waals surface area contributed by atoms with Gasteiger partial charge in [0.25, 0.3) is 6.43 Å². The molecule has 0 unspecified atom stereocenters. The first kappa shape index (κ1) is 17.8. The van der Waals surface area contributed by atoms with Crippen LogP contribution in [-0.2, 0) is 11.3 Å². The average molecular weight is 328 g/mol. The number of likely N-dealkylation sites (tertiary alicyclic amines) is 1. The predicted molar refractivity (Wildman–Crippen MR) is 80.8 cm³/mol. The molecule has 1 fully saturated rings. The summed E-state index contributed by atoms with van der Waals surface area (Å²) < 4.78 is 27.2. The van der Waals surface area contributed by atoms with Crippen molar-refractivity contribution in [2.75, 3.05) is 7.05 Å². The highest BCUT2D eigenvalue weighted by Crippen LogP contribution is 2.33. The van der Waals surface area contributed by atoms with E-state index in [1.165, 1.54) is 18.9 Å². The van der Waals surface area contributed by atoms with Gasteiger partial charge in [0.1, 0.15) is 12.1 Å². The summed E-state index contributed by atoms with van der Waals surface area (Å²) >= 11 is 0.